The molecule has 96 valence electrons. The van der Waals surface area contributed by atoms with Gasteiger partial charge in [-0.3, -0.25) is 0 Å². The molecule has 0 aliphatic rings. The molecule has 0 amide bonds. The Hall–Kier alpha value is -1.81. The van der Waals surface area contributed by atoms with Gasteiger partial charge < -0.3 is 15.2 Å². The highest BCUT2D eigenvalue weighted by Gasteiger charge is 2.11. The molecule has 1 atom stereocenters. The molecule has 2 aromatic rings. The maximum atomic E-state index is 6.01. The van der Waals surface area contributed by atoms with Crippen molar-refractivity contribution in [3.8, 4) is 0 Å². The first-order valence-corrected chi connectivity index (χ1v) is 6.11. The molecule has 4 heteroatoms. The number of aromatic nitrogens is 2. The summed E-state index contributed by atoms with van der Waals surface area (Å²) in [5.74, 6) is 1.04. The number of hydrogen-bond donors (Lipinski definition) is 1. The van der Waals surface area contributed by atoms with E-state index in [0.717, 1.165) is 23.6 Å². The lowest BCUT2D eigenvalue weighted by molar-refractivity contribution is 0.748. The van der Waals surface area contributed by atoms with Crippen LogP contribution in [-0.2, 0) is 13.6 Å². The highest BCUT2D eigenvalue weighted by atomic mass is 15.2. The lowest BCUT2D eigenvalue weighted by Gasteiger charge is -2.23. The minimum absolute atomic E-state index is 0.0324. The topological polar surface area (TPSA) is 47.1 Å². The third kappa shape index (κ3) is 2.54. The zero-order chi connectivity index (χ0) is 13.1. The molecule has 0 saturated carbocycles. The molecule has 0 spiro atoms. The van der Waals surface area contributed by atoms with Gasteiger partial charge >= 0.3 is 0 Å². The summed E-state index contributed by atoms with van der Waals surface area (Å²) < 4.78 is 2.03. The lowest BCUT2D eigenvalue weighted by atomic mass is 10.1. The molecule has 1 heterocycles. The predicted molar refractivity (Wildman–Crippen MR) is 74.4 cm³/mol. The van der Waals surface area contributed by atoms with Crippen molar-refractivity contribution in [3.05, 3.63) is 48.0 Å². The van der Waals surface area contributed by atoms with Crippen LogP contribution in [0.2, 0.25) is 0 Å². The zero-order valence-corrected chi connectivity index (χ0v) is 11.2. The molecule has 2 N–H and O–H groups in total. The number of nitrogens with two attached hydrogens (primary N) is 1. The molecule has 1 aromatic heterocycles. The van der Waals surface area contributed by atoms with E-state index >= 15 is 0 Å². The van der Waals surface area contributed by atoms with E-state index in [4.69, 9.17) is 5.73 Å². The van der Waals surface area contributed by atoms with Crippen LogP contribution >= 0.6 is 0 Å². The van der Waals surface area contributed by atoms with Crippen molar-refractivity contribution >= 4 is 5.69 Å². The number of hydrogen-bond acceptors (Lipinski definition) is 3. The van der Waals surface area contributed by atoms with Crippen LogP contribution in [-0.4, -0.2) is 16.6 Å². The van der Waals surface area contributed by atoms with Gasteiger partial charge in [-0.25, -0.2) is 4.98 Å². The molecule has 1 aromatic carbocycles. The van der Waals surface area contributed by atoms with E-state index in [1.807, 2.05) is 43.1 Å². The van der Waals surface area contributed by atoms with Crippen LogP contribution in [0.4, 0.5) is 5.69 Å². The van der Waals surface area contributed by atoms with Gasteiger partial charge in [0.2, 0.25) is 0 Å². The van der Waals surface area contributed by atoms with E-state index in [9.17, 15) is 0 Å². The fourth-order valence-electron chi connectivity index (χ4n) is 2.07. The largest absolute Gasteiger partial charge is 0.367 e. The number of rotatable bonds is 4. The SMILES string of the molecule is CC(N)c1ccccc1N(C)Cc1nccn1C. The highest BCUT2D eigenvalue weighted by Crippen LogP contribution is 2.24. The fourth-order valence-corrected chi connectivity index (χ4v) is 2.07. The van der Waals surface area contributed by atoms with Gasteiger partial charge in [-0.1, -0.05) is 18.2 Å². The van der Waals surface area contributed by atoms with Crippen molar-refractivity contribution in [1.29, 1.82) is 0 Å². The van der Waals surface area contributed by atoms with Gasteiger partial charge in [0.05, 0.1) is 6.54 Å². The van der Waals surface area contributed by atoms with Crippen molar-refractivity contribution < 1.29 is 0 Å². The summed E-state index contributed by atoms with van der Waals surface area (Å²) in [6, 6.07) is 8.27. The second-order valence-electron chi connectivity index (χ2n) is 4.66. The average molecular weight is 244 g/mol. The van der Waals surface area contributed by atoms with Crippen LogP contribution in [0, 0.1) is 0 Å². The van der Waals surface area contributed by atoms with Crippen LogP contribution < -0.4 is 10.6 Å². The van der Waals surface area contributed by atoms with Crippen LogP contribution in [0.15, 0.2) is 36.7 Å². The second-order valence-corrected chi connectivity index (χ2v) is 4.66. The molecular formula is C14H20N4. The molecule has 2 rings (SSSR count). The van der Waals surface area contributed by atoms with Gasteiger partial charge in [-0.2, -0.15) is 0 Å². The Labute approximate surface area is 108 Å². The Bertz CT molecular complexity index is 516. The Balaban J connectivity index is 2.24. The standard InChI is InChI=1S/C14H20N4/c1-11(15)12-6-4-5-7-13(12)18(3)10-14-16-8-9-17(14)2/h4-9,11H,10,15H2,1-3H3. The molecule has 0 aliphatic carbocycles. The number of para-hydroxylation sites is 1. The summed E-state index contributed by atoms with van der Waals surface area (Å²) >= 11 is 0. The summed E-state index contributed by atoms with van der Waals surface area (Å²) in [7, 11) is 4.07. The second kappa shape index (κ2) is 5.23. The predicted octanol–water partition coefficient (Wildman–Crippen LogP) is 2.08. The molecule has 4 nitrogen and oxygen atoms in total. The van der Waals surface area contributed by atoms with Crippen LogP contribution in [0.3, 0.4) is 0 Å². The summed E-state index contributed by atoms with van der Waals surface area (Å²) in [4.78, 5) is 6.53. The maximum absolute atomic E-state index is 6.01. The lowest BCUT2D eigenvalue weighted by Crippen LogP contribution is -2.21. The zero-order valence-electron chi connectivity index (χ0n) is 11.2. The van der Waals surface area contributed by atoms with Crippen molar-refractivity contribution in [1.82, 2.24) is 9.55 Å². The van der Waals surface area contributed by atoms with Gasteiger partial charge in [-0.15, -0.1) is 0 Å². The number of nitrogens with zero attached hydrogens (tertiary/aromatic N) is 3. The third-order valence-corrected chi connectivity index (χ3v) is 3.14. The van der Waals surface area contributed by atoms with Gasteiger partial charge in [0, 0.05) is 38.2 Å². The number of aryl methyl sites for hydroxylation is 1. The third-order valence-electron chi connectivity index (χ3n) is 3.14. The molecule has 0 radical (unpaired) electrons. The van der Waals surface area contributed by atoms with Gasteiger partial charge in [0.15, 0.2) is 0 Å². The minimum Gasteiger partial charge on any atom is -0.367 e. The molecular weight excluding hydrogens is 224 g/mol. The molecule has 0 bridgehead atoms. The summed E-state index contributed by atoms with van der Waals surface area (Å²) in [6.07, 6.45) is 3.78. The number of anilines is 1. The first-order chi connectivity index (χ1) is 8.59. The Morgan fingerprint density at radius 3 is 2.72 bits per heavy atom. The fraction of sp³-hybridized carbons (Fsp3) is 0.357. The van der Waals surface area contributed by atoms with Crippen LogP contribution in [0.5, 0.6) is 0 Å². The van der Waals surface area contributed by atoms with E-state index in [-0.39, 0.29) is 6.04 Å². The molecule has 18 heavy (non-hydrogen) atoms. The highest BCUT2D eigenvalue weighted by molar-refractivity contribution is 5.54. The molecule has 0 fully saturated rings. The summed E-state index contributed by atoms with van der Waals surface area (Å²) in [5.41, 5.74) is 8.33. The van der Waals surface area contributed by atoms with Gasteiger partial charge in [0.1, 0.15) is 5.82 Å². The molecule has 0 saturated heterocycles. The van der Waals surface area contributed by atoms with E-state index in [1.165, 1.54) is 0 Å². The van der Waals surface area contributed by atoms with Crippen molar-refractivity contribution in [2.75, 3.05) is 11.9 Å². The monoisotopic (exact) mass is 244 g/mol. The maximum Gasteiger partial charge on any atom is 0.127 e. The Kier molecular flexibility index (Phi) is 3.67. The van der Waals surface area contributed by atoms with E-state index in [1.54, 1.807) is 0 Å². The normalized spacial score (nSPS) is 12.4. The van der Waals surface area contributed by atoms with E-state index < -0.39 is 0 Å². The Morgan fingerprint density at radius 1 is 1.39 bits per heavy atom. The number of imidazole rings is 1. The molecule has 0 aliphatic heterocycles. The van der Waals surface area contributed by atoms with Crippen LogP contribution in [0.25, 0.3) is 0 Å². The van der Waals surface area contributed by atoms with Crippen LogP contribution in [0.1, 0.15) is 24.4 Å². The summed E-state index contributed by atoms with van der Waals surface area (Å²) in [5, 5.41) is 0. The number of benzene rings is 1. The average Bonchev–Trinajstić information content (AvgIpc) is 2.75. The van der Waals surface area contributed by atoms with Crippen molar-refractivity contribution in [2.24, 2.45) is 12.8 Å². The first-order valence-electron chi connectivity index (χ1n) is 6.11. The quantitative estimate of drug-likeness (QED) is 0.895. The Morgan fingerprint density at radius 2 is 2.11 bits per heavy atom. The first kappa shape index (κ1) is 12.6. The summed E-state index contributed by atoms with van der Waals surface area (Å²) in [6.45, 7) is 2.78. The smallest absolute Gasteiger partial charge is 0.127 e. The van der Waals surface area contributed by atoms with Crippen molar-refractivity contribution in [3.63, 3.8) is 0 Å². The minimum atomic E-state index is 0.0324. The molecule has 1 unspecified atom stereocenters. The van der Waals surface area contributed by atoms with E-state index in [2.05, 4.69) is 29.1 Å². The van der Waals surface area contributed by atoms with E-state index in [0.29, 0.717) is 0 Å². The van der Waals surface area contributed by atoms with Crippen molar-refractivity contribution in [2.45, 2.75) is 19.5 Å². The van der Waals surface area contributed by atoms with Gasteiger partial charge in [-0.05, 0) is 18.6 Å². The van der Waals surface area contributed by atoms with Gasteiger partial charge in [0.25, 0.3) is 0 Å².